The third-order valence-electron chi connectivity index (χ3n) is 17.5. The first kappa shape index (κ1) is 76.4. The molecule has 4 aliphatic rings. The standard InChI is InChI=1S/C69H52O43/c1-15(70)104-59-57-35(14-103-63(96)21-9-29(76)46(85)51(90)39(21)40-23(66(99)109-57)11-31(78)47(86)52(40)91)107-69(60(59)111-64(97)20-8-28(75)44(83)49(88)36(20)18-2-3-25(72)43(82)41(18)80)112-67(100)24-12-32(79)48(87)53(92)55(24)105-33-5-16(4-27(74)42(33)81)61(94)110-58-54(93)56-34(106-68(58)101)13-102-62(95)19-6-17(71)7-26(73)37(19)38-22(65(98)108-56)10-30(77)45(84)50(38)89/h2-12,34-35,54,56-60,68-69,71-93,101H,13-14H2,1H3/t34-,35-,54-,56-,57-,58+,59-,60+,68+,69-/m0/s1. The molecule has 112 heavy (non-hydrogen) atoms. The van der Waals surface area contributed by atoms with Crippen LogP contribution < -0.4 is 4.74 Å². The maximum atomic E-state index is 15.1. The number of phenolic OH excluding ortho intramolecular Hbond substituents is 22. The van der Waals surface area contributed by atoms with Crippen molar-refractivity contribution in [1.29, 1.82) is 0 Å². The molecule has 24 N–H and O–H groups in total. The number of fused-ring (bicyclic) bond motifs is 8. The largest absolute Gasteiger partial charge is 0.508 e. The Morgan fingerprint density at radius 1 is 0.366 bits per heavy atom. The Labute approximate surface area is 617 Å². The van der Waals surface area contributed by atoms with E-state index >= 15 is 4.79 Å². The van der Waals surface area contributed by atoms with Crippen LogP contribution >= 0.6 is 0 Å². The van der Waals surface area contributed by atoms with E-state index in [0.717, 1.165) is 0 Å². The van der Waals surface area contributed by atoms with Crippen molar-refractivity contribution < 1.29 is 213 Å². The number of hydrogen-bond donors (Lipinski definition) is 24. The maximum Gasteiger partial charge on any atom is 0.344 e. The first-order valence-electron chi connectivity index (χ1n) is 31.4. The molecule has 2 saturated heterocycles. The van der Waals surface area contributed by atoms with Gasteiger partial charge in [0.15, 0.2) is 111 Å². The molecule has 43 nitrogen and oxygen atoms in total. The van der Waals surface area contributed by atoms with Gasteiger partial charge in [0, 0.05) is 52.4 Å². The summed E-state index contributed by atoms with van der Waals surface area (Å²) in [4.78, 5) is 115. The van der Waals surface area contributed by atoms with Gasteiger partial charge in [-0.3, -0.25) is 4.79 Å². The summed E-state index contributed by atoms with van der Waals surface area (Å²) in [5, 5.41) is 262. The van der Waals surface area contributed by atoms with Gasteiger partial charge in [-0.25, -0.2) is 33.6 Å². The average molecular weight is 1570 g/mol. The summed E-state index contributed by atoms with van der Waals surface area (Å²) in [6.07, 6.45) is -25.4. The van der Waals surface area contributed by atoms with Crippen molar-refractivity contribution in [3.8, 4) is 171 Å². The number of hydrogen-bond acceptors (Lipinski definition) is 43. The Morgan fingerprint density at radius 3 is 1.37 bits per heavy atom. The van der Waals surface area contributed by atoms with E-state index in [4.69, 9.17) is 52.1 Å². The van der Waals surface area contributed by atoms with Crippen molar-refractivity contribution in [2.75, 3.05) is 13.2 Å². The van der Waals surface area contributed by atoms with Gasteiger partial charge in [0.05, 0.1) is 33.4 Å². The quantitative estimate of drug-likeness (QED) is 0.0531. The predicted octanol–water partition coefficient (Wildman–Crippen LogP) is 2.44. The summed E-state index contributed by atoms with van der Waals surface area (Å²) in [7, 11) is 0. The molecule has 0 aliphatic carbocycles. The molecule has 0 amide bonds. The number of aliphatic hydroxyl groups is 2. The molecule has 4 aliphatic heterocycles. The second-order valence-electron chi connectivity index (χ2n) is 24.4. The second kappa shape index (κ2) is 28.5. The molecule has 0 aromatic heterocycles. The first-order chi connectivity index (χ1) is 52.7. The van der Waals surface area contributed by atoms with Crippen LogP contribution in [-0.2, 0) is 52.2 Å². The Hall–Kier alpha value is -15.2. The van der Waals surface area contributed by atoms with Gasteiger partial charge < -0.3 is 175 Å². The van der Waals surface area contributed by atoms with E-state index in [-0.39, 0.29) is 6.07 Å². The SMILES string of the molecule is CC(=O)O[C@H]1[C@H]2OC(=O)c3cc(O)c(O)c(O)c3-c3c(cc(O)c(O)c3O)C(=O)OC[C@@H]2O[C@@H](OC(=O)c2cc(O)c(O)c(O)c2Oc2cc(C(=O)O[C@@H]3[C@@H](O)[C@H]4OC(=O)c5cc(O)c(O)c(O)c5-c5c(O)cc(O)cc5C(=O)OC[C@@H]4O[C@H]3O)cc(O)c2O)[C@@H]1OC(=O)c1cc(O)c(O)c(O)c1-c1ccc(O)c(O)c1O. The third-order valence-corrected chi connectivity index (χ3v) is 17.5. The molecule has 12 rings (SSSR count). The number of carbonyl (C=O) groups is 8. The van der Waals surface area contributed by atoms with Crippen molar-refractivity contribution in [2.24, 2.45) is 0 Å². The van der Waals surface area contributed by atoms with Gasteiger partial charge in [0.25, 0.3) is 0 Å². The van der Waals surface area contributed by atoms with Crippen molar-refractivity contribution in [2.45, 2.75) is 68.3 Å². The number of benzene rings is 8. The highest BCUT2D eigenvalue weighted by Gasteiger charge is 2.56. The van der Waals surface area contributed by atoms with Crippen LogP contribution in [0, 0.1) is 0 Å². The summed E-state index contributed by atoms with van der Waals surface area (Å²) in [5.74, 6) is -47.6. The topological polar surface area (TPSA) is 724 Å². The fourth-order valence-electron chi connectivity index (χ4n) is 12.3. The Balaban J connectivity index is 0.916. The van der Waals surface area contributed by atoms with Crippen LogP contribution in [0.25, 0.3) is 33.4 Å². The van der Waals surface area contributed by atoms with Gasteiger partial charge >= 0.3 is 47.8 Å². The minimum Gasteiger partial charge on any atom is -0.508 e. The lowest BCUT2D eigenvalue weighted by molar-refractivity contribution is -0.286. The van der Waals surface area contributed by atoms with Gasteiger partial charge in [0.1, 0.15) is 48.6 Å². The highest BCUT2D eigenvalue weighted by Crippen LogP contribution is 2.57. The zero-order valence-corrected chi connectivity index (χ0v) is 55.5. The normalized spacial score (nSPS) is 20.7. The number of cyclic esters (lactones) is 2. The summed E-state index contributed by atoms with van der Waals surface area (Å²) in [6.45, 7) is -1.95. The molecule has 43 heteroatoms. The highest BCUT2D eigenvalue weighted by atomic mass is 16.8. The number of esters is 8. The zero-order chi connectivity index (χ0) is 81.7. The number of rotatable bonds is 10. The molecule has 0 unspecified atom stereocenters. The lowest BCUT2D eigenvalue weighted by atomic mass is 9.92. The monoisotopic (exact) mass is 1570 g/mol. The van der Waals surface area contributed by atoms with Gasteiger partial charge in [-0.05, 0) is 54.6 Å². The molecule has 586 valence electrons. The Morgan fingerprint density at radius 2 is 0.812 bits per heavy atom. The van der Waals surface area contributed by atoms with Gasteiger partial charge in [0.2, 0.25) is 58.4 Å². The van der Waals surface area contributed by atoms with Gasteiger partial charge in [-0.2, -0.15) is 0 Å². The smallest absolute Gasteiger partial charge is 0.344 e. The molecule has 0 bridgehead atoms. The molecular formula is C69H52O43. The van der Waals surface area contributed by atoms with Crippen molar-refractivity contribution >= 4 is 47.8 Å². The third kappa shape index (κ3) is 13.1. The zero-order valence-electron chi connectivity index (χ0n) is 55.5. The van der Waals surface area contributed by atoms with E-state index in [1.807, 2.05) is 0 Å². The van der Waals surface area contributed by atoms with Crippen molar-refractivity contribution in [3.05, 3.63) is 106 Å². The fourth-order valence-corrected chi connectivity index (χ4v) is 12.3. The van der Waals surface area contributed by atoms with E-state index in [0.29, 0.717) is 67.6 Å². The molecule has 10 atom stereocenters. The minimum absolute atomic E-state index is 0.192. The van der Waals surface area contributed by atoms with Crippen LogP contribution in [-0.4, -0.2) is 245 Å². The molecular weight excluding hydrogens is 1520 g/mol. The summed E-state index contributed by atoms with van der Waals surface area (Å²) in [6, 6.07) is 5.12. The van der Waals surface area contributed by atoms with E-state index < -0.39 is 333 Å². The van der Waals surface area contributed by atoms with Crippen LogP contribution in [0.1, 0.15) is 79.4 Å². The van der Waals surface area contributed by atoms with E-state index in [9.17, 15) is 156 Å². The Kier molecular flexibility index (Phi) is 19.4. The molecule has 0 spiro atoms. The van der Waals surface area contributed by atoms with Gasteiger partial charge in [-0.1, -0.05) is 0 Å². The van der Waals surface area contributed by atoms with Crippen molar-refractivity contribution in [3.63, 3.8) is 0 Å². The maximum absolute atomic E-state index is 15.1. The molecule has 4 heterocycles. The minimum atomic E-state index is -2.96. The summed E-state index contributed by atoms with van der Waals surface area (Å²) >= 11 is 0. The first-order valence-corrected chi connectivity index (χ1v) is 31.4. The van der Waals surface area contributed by atoms with Crippen molar-refractivity contribution in [1.82, 2.24) is 0 Å². The molecule has 0 saturated carbocycles. The van der Waals surface area contributed by atoms with E-state index in [1.54, 1.807) is 0 Å². The molecule has 8 aromatic carbocycles. The molecule has 0 radical (unpaired) electrons. The number of aliphatic hydroxyl groups excluding tert-OH is 2. The van der Waals surface area contributed by atoms with E-state index in [1.165, 1.54) is 0 Å². The lowest BCUT2D eigenvalue weighted by Crippen LogP contribution is -2.63. The summed E-state index contributed by atoms with van der Waals surface area (Å²) < 4.78 is 61.2. The average Bonchev–Trinajstić information content (AvgIpc) is 1.29. The summed E-state index contributed by atoms with van der Waals surface area (Å²) in [5.41, 5.74) is -14.0. The number of aromatic hydroxyl groups is 22. The number of carbonyl (C=O) groups excluding carboxylic acids is 8. The fraction of sp³-hybridized carbons (Fsp3) is 0.188. The molecule has 8 aromatic rings. The van der Waals surface area contributed by atoms with Gasteiger partial charge in [-0.15, -0.1) is 0 Å². The number of ether oxygens (including phenoxy) is 11. The second-order valence-corrected chi connectivity index (χ2v) is 24.4. The highest BCUT2D eigenvalue weighted by molar-refractivity contribution is 6.10. The van der Waals surface area contributed by atoms with Crippen LogP contribution in [0.5, 0.6) is 138 Å². The predicted molar refractivity (Wildman–Crippen MR) is 349 cm³/mol. The van der Waals surface area contributed by atoms with Crippen LogP contribution in [0.15, 0.2) is 66.7 Å². The molecule has 2 fully saturated rings. The van der Waals surface area contributed by atoms with Crippen LogP contribution in [0.4, 0.5) is 0 Å². The van der Waals surface area contributed by atoms with E-state index in [2.05, 4.69) is 0 Å². The van der Waals surface area contributed by atoms with Crippen LogP contribution in [0.3, 0.4) is 0 Å². The Bertz CT molecular complexity index is 5390. The van der Waals surface area contributed by atoms with Crippen LogP contribution in [0.2, 0.25) is 0 Å². The number of phenols is 22. The lowest BCUT2D eigenvalue weighted by Gasteiger charge is -2.43.